The number of halogens is 1. The summed E-state index contributed by atoms with van der Waals surface area (Å²) in [5.41, 5.74) is 1.76. The normalized spacial score (nSPS) is 17.3. The highest BCUT2D eigenvalue weighted by Crippen LogP contribution is 2.18. The molecule has 6 nitrogen and oxygen atoms in total. The number of hydrogen-bond donors (Lipinski definition) is 2. The number of nitrogens with one attached hydrogen (secondary N) is 2. The van der Waals surface area contributed by atoms with Crippen LogP contribution in [0.1, 0.15) is 0 Å². The molecule has 1 heterocycles. The minimum atomic E-state index is -3.26. The number of nitrogens with zero attached hydrogens (tertiary/aromatic N) is 1. The van der Waals surface area contributed by atoms with Gasteiger partial charge in [0, 0.05) is 31.0 Å². The van der Waals surface area contributed by atoms with Gasteiger partial charge in [0.25, 0.3) is 0 Å². The van der Waals surface area contributed by atoms with E-state index in [1.165, 1.54) is 5.69 Å². The van der Waals surface area contributed by atoms with Gasteiger partial charge in [-0.25, -0.2) is 8.42 Å². The maximum absolute atomic E-state index is 11.2. The summed E-state index contributed by atoms with van der Waals surface area (Å²) in [5.74, 6) is 0.720. The van der Waals surface area contributed by atoms with Crippen molar-refractivity contribution in [1.82, 2.24) is 5.32 Å². The van der Waals surface area contributed by atoms with E-state index in [4.69, 9.17) is 4.74 Å². The molecule has 2 aromatic carbocycles. The van der Waals surface area contributed by atoms with Crippen LogP contribution in [-0.2, 0) is 10.0 Å². The minimum absolute atomic E-state index is 0. The van der Waals surface area contributed by atoms with Crippen molar-refractivity contribution in [2.24, 2.45) is 0 Å². The number of rotatable bonds is 6. The molecule has 1 aliphatic rings. The van der Waals surface area contributed by atoms with Crippen molar-refractivity contribution in [3.63, 3.8) is 0 Å². The lowest BCUT2D eigenvalue weighted by molar-refractivity contribution is 0.256. The van der Waals surface area contributed by atoms with Crippen molar-refractivity contribution in [2.75, 3.05) is 42.1 Å². The van der Waals surface area contributed by atoms with Crippen molar-refractivity contribution in [1.29, 1.82) is 0 Å². The van der Waals surface area contributed by atoms with Gasteiger partial charge in [-0.3, -0.25) is 4.72 Å². The summed E-state index contributed by atoms with van der Waals surface area (Å²) < 4.78 is 30.7. The maximum Gasteiger partial charge on any atom is 0.229 e. The van der Waals surface area contributed by atoms with Gasteiger partial charge in [-0.2, -0.15) is 0 Å². The molecule has 26 heavy (non-hydrogen) atoms. The molecule has 0 saturated carbocycles. The first kappa shape index (κ1) is 20.4. The lowest BCUT2D eigenvalue weighted by Gasteiger charge is -2.35. The second-order valence-electron chi connectivity index (χ2n) is 6.14. The summed E-state index contributed by atoms with van der Waals surface area (Å²) in [6, 6.07) is 17.5. The van der Waals surface area contributed by atoms with Crippen LogP contribution >= 0.6 is 12.4 Å². The van der Waals surface area contributed by atoms with Crippen LogP contribution in [0, 0.1) is 0 Å². The Hall–Kier alpha value is -1.96. The molecule has 0 aliphatic carbocycles. The van der Waals surface area contributed by atoms with E-state index in [1.54, 1.807) is 24.3 Å². The van der Waals surface area contributed by atoms with Crippen LogP contribution in [0.25, 0.3) is 0 Å². The van der Waals surface area contributed by atoms with E-state index in [0.29, 0.717) is 12.3 Å². The summed E-state index contributed by atoms with van der Waals surface area (Å²) in [4.78, 5) is 2.35. The van der Waals surface area contributed by atoms with Crippen molar-refractivity contribution >= 4 is 33.8 Å². The Bertz CT molecular complexity index is 785. The van der Waals surface area contributed by atoms with Crippen LogP contribution in [0.5, 0.6) is 5.75 Å². The third-order valence-corrected chi connectivity index (χ3v) is 4.59. The van der Waals surface area contributed by atoms with Gasteiger partial charge in [0.05, 0.1) is 12.3 Å². The third-order valence-electron chi connectivity index (χ3n) is 3.99. The molecule has 3 rings (SSSR count). The first-order valence-electron chi connectivity index (χ1n) is 8.24. The fourth-order valence-electron chi connectivity index (χ4n) is 2.84. The number of benzene rings is 2. The Labute approximate surface area is 161 Å². The van der Waals surface area contributed by atoms with Gasteiger partial charge < -0.3 is 15.0 Å². The molecule has 2 N–H and O–H groups in total. The lowest BCUT2D eigenvalue weighted by Crippen LogP contribution is -2.53. The van der Waals surface area contributed by atoms with Crippen molar-refractivity contribution in [3.05, 3.63) is 54.6 Å². The van der Waals surface area contributed by atoms with E-state index >= 15 is 0 Å². The van der Waals surface area contributed by atoms with Crippen LogP contribution in [0.4, 0.5) is 11.4 Å². The number of para-hydroxylation sites is 1. The summed E-state index contributed by atoms with van der Waals surface area (Å²) >= 11 is 0. The summed E-state index contributed by atoms with van der Waals surface area (Å²) in [7, 11) is -3.26. The highest BCUT2D eigenvalue weighted by Gasteiger charge is 2.20. The molecule has 0 spiro atoms. The molecular weight excluding hydrogens is 374 g/mol. The van der Waals surface area contributed by atoms with E-state index in [-0.39, 0.29) is 18.4 Å². The summed E-state index contributed by atoms with van der Waals surface area (Å²) in [6.07, 6.45) is 1.13. The van der Waals surface area contributed by atoms with E-state index in [2.05, 4.69) is 39.2 Å². The van der Waals surface area contributed by atoms with Crippen LogP contribution in [-0.4, -0.2) is 47.0 Å². The number of ether oxygens (including phenoxy) is 1. The van der Waals surface area contributed by atoms with E-state index < -0.39 is 10.0 Å². The predicted octanol–water partition coefficient (Wildman–Crippen LogP) is 2.34. The molecule has 1 unspecified atom stereocenters. The molecule has 1 fully saturated rings. The van der Waals surface area contributed by atoms with Crippen molar-refractivity contribution in [2.45, 2.75) is 6.04 Å². The van der Waals surface area contributed by atoms with Gasteiger partial charge in [0.1, 0.15) is 12.4 Å². The fraction of sp³-hybridized carbons (Fsp3) is 0.333. The average Bonchev–Trinajstić information content (AvgIpc) is 2.61. The maximum atomic E-state index is 11.2. The van der Waals surface area contributed by atoms with Gasteiger partial charge >= 0.3 is 0 Å². The number of sulfonamides is 1. The molecule has 142 valence electrons. The van der Waals surface area contributed by atoms with Crippen LogP contribution in [0.2, 0.25) is 0 Å². The van der Waals surface area contributed by atoms with E-state index in [9.17, 15) is 8.42 Å². The zero-order valence-corrected chi connectivity index (χ0v) is 16.2. The van der Waals surface area contributed by atoms with E-state index in [1.807, 2.05) is 6.07 Å². The Balaban J connectivity index is 0.00000243. The first-order chi connectivity index (χ1) is 12.0. The topological polar surface area (TPSA) is 70.7 Å². The first-order valence-corrected chi connectivity index (χ1v) is 10.1. The Morgan fingerprint density at radius 3 is 2.50 bits per heavy atom. The standard InChI is InChI=1S/C18H23N3O3S.ClH/c1-25(22,23)20-15-7-9-18(10-8-15)24-14-16-13-21(12-11-19-16)17-5-3-2-4-6-17;/h2-10,16,19-20H,11-14H2,1H3;1H. The lowest BCUT2D eigenvalue weighted by atomic mass is 10.2. The highest BCUT2D eigenvalue weighted by atomic mass is 35.5. The minimum Gasteiger partial charge on any atom is -0.492 e. The van der Waals surface area contributed by atoms with Gasteiger partial charge in [0.2, 0.25) is 10.0 Å². The van der Waals surface area contributed by atoms with Gasteiger partial charge in [-0.1, -0.05) is 18.2 Å². The molecule has 1 atom stereocenters. The van der Waals surface area contributed by atoms with Crippen LogP contribution < -0.4 is 19.7 Å². The Morgan fingerprint density at radius 2 is 1.85 bits per heavy atom. The Kier molecular flexibility index (Phi) is 7.14. The molecule has 1 saturated heterocycles. The Morgan fingerprint density at radius 1 is 1.15 bits per heavy atom. The fourth-order valence-corrected chi connectivity index (χ4v) is 3.40. The molecular formula is C18H24ClN3O3S. The summed E-state index contributed by atoms with van der Waals surface area (Å²) in [5, 5.41) is 3.47. The second-order valence-corrected chi connectivity index (χ2v) is 7.89. The second kappa shape index (κ2) is 9.12. The van der Waals surface area contributed by atoms with Gasteiger partial charge in [-0.15, -0.1) is 12.4 Å². The smallest absolute Gasteiger partial charge is 0.229 e. The largest absolute Gasteiger partial charge is 0.492 e. The predicted molar refractivity (Wildman–Crippen MR) is 108 cm³/mol. The van der Waals surface area contributed by atoms with Crippen LogP contribution in [0.15, 0.2) is 54.6 Å². The van der Waals surface area contributed by atoms with Crippen molar-refractivity contribution in [3.8, 4) is 5.75 Å². The van der Waals surface area contributed by atoms with Crippen LogP contribution in [0.3, 0.4) is 0 Å². The molecule has 8 heteroatoms. The molecule has 0 amide bonds. The zero-order valence-electron chi connectivity index (χ0n) is 14.6. The van der Waals surface area contributed by atoms with E-state index in [0.717, 1.165) is 31.6 Å². The molecule has 1 aliphatic heterocycles. The zero-order chi connectivity index (χ0) is 17.7. The molecule has 0 radical (unpaired) electrons. The highest BCUT2D eigenvalue weighted by molar-refractivity contribution is 7.92. The third kappa shape index (κ3) is 6.09. The number of anilines is 2. The molecule has 2 aromatic rings. The SMILES string of the molecule is CS(=O)(=O)Nc1ccc(OCC2CN(c3ccccc3)CCN2)cc1.Cl. The average molecular weight is 398 g/mol. The number of hydrogen-bond acceptors (Lipinski definition) is 5. The van der Waals surface area contributed by atoms with Gasteiger partial charge in [0.15, 0.2) is 0 Å². The van der Waals surface area contributed by atoms with Gasteiger partial charge in [-0.05, 0) is 36.4 Å². The number of piperazine rings is 1. The molecule has 0 aromatic heterocycles. The quantitative estimate of drug-likeness (QED) is 0.782. The monoisotopic (exact) mass is 397 g/mol. The summed E-state index contributed by atoms with van der Waals surface area (Å²) in [6.45, 7) is 3.34. The molecule has 0 bridgehead atoms. The van der Waals surface area contributed by atoms with Crippen molar-refractivity contribution < 1.29 is 13.2 Å².